The monoisotopic (exact) mass is 598 g/mol. The van der Waals surface area contributed by atoms with Gasteiger partial charge < -0.3 is 4.57 Å². The van der Waals surface area contributed by atoms with E-state index in [9.17, 15) is 0 Å². The highest BCUT2D eigenvalue weighted by Gasteiger charge is 2.38. The van der Waals surface area contributed by atoms with E-state index in [1.165, 1.54) is 60.9 Å². The van der Waals surface area contributed by atoms with Gasteiger partial charge in [-0.1, -0.05) is 123 Å². The molecule has 3 aliphatic rings. The summed E-state index contributed by atoms with van der Waals surface area (Å²) in [7, 11) is 0. The Labute approximate surface area is 270 Å². The third kappa shape index (κ3) is 4.33. The lowest BCUT2D eigenvalue weighted by molar-refractivity contribution is 0.203. The number of aromatic nitrogens is 1. The molecule has 0 radical (unpaired) electrons. The maximum Gasteiger partial charge on any atom is 0.0864 e. The molecule has 3 N–H and O–H groups in total. The highest BCUT2D eigenvalue weighted by molar-refractivity contribution is 6.11. The number of nitrogens with zero attached hydrogens (tertiary/aromatic N) is 1. The summed E-state index contributed by atoms with van der Waals surface area (Å²) in [6.45, 7) is 4.81. The summed E-state index contributed by atoms with van der Waals surface area (Å²) in [5, 5.41) is 14.0. The zero-order chi connectivity index (χ0) is 30.8. The van der Waals surface area contributed by atoms with Crippen LogP contribution in [-0.2, 0) is 5.41 Å². The normalized spacial score (nSPS) is 21.9. The van der Waals surface area contributed by atoms with Crippen LogP contribution in [0, 0.1) is 0 Å². The maximum absolute atomic E-state index is 3.82. The highest BCUT2D eigenvalue weighted by Crippen LogP contribution is 2.52. The van der Waals surface area contributed by atoms with Gasteiger partial charge in [0.15, 0.2) is 0 Å². The second-order valence-corrected chi connectivity index (χ2v) is 13.4. The second kappa shape index (κ2) is 10.7. The molecule has 4 heteroatoms. The van der Waals surface area contributed by atoms with E-state index in [0.29, 0.717) is 0 Å². The first-order chi connectivity index (χ1) is 22.6. The van der Waals surface area contributed by atoms with Gasteiger partial charge in [0, 0.05) is 21.9 Å². The molecule has 5 aromatic carbocycles. The minimum Gasteiger partial charge on any atom is -0.309 e. The van der Waals surface area contributed by atoms with Gasteiger partial charge >= 0.3 is 0 Å². The van der Waals surface area contributed by atoms with Crippen molar-refractivity contribution in [1.29, 1.82) is 0 Å². The van der Waals surface area contributed by atoms with E-state index in [-0.39, 0.29) is 23.9 Å². The van der Waals surface area contributed by atoms with Crippen LogP contribution in [0.5, 0.6) is 0 Å². The molecule has 2 heterocycles. The van der Waals surface area contributed by atoms with Crippen molar-refractivity contribution < 1.29 is 0 Å². The third-order valence-corrected chi connectivity index (χ3v) is 10.5. The Hall–Kier alpha value is -4.74. The maximum atomic E-state index is 3.82. The number of rotatable bonds is 4. The predicted octanol–water partition coefficient (Wildman–Crippen LogP) is 9.36. The van der Waals surface area contributed by atoms with Gasteiger partial charge in [-0.15, -0.1) is 0 Å². The van der Waals surface area contributed by atoms with Crippen LogP contribution < -0.4 is 16.0 Å². The van der Waals surface area contributed by atoms with E-state index in [1.54, 1.807) is 5.57 Å². The molecular formula is C42H38N4. The Balaban J connectivity index is 1.13. The van der Waals surface area contributed by atoms with Gasteiger partial charge in [0.1, 0.15) is 0 Å². The van der Waals surface area contributed by atoms with E-state index in [2.05, 4.69) is 168 Å². The molecule has 0 spiro atoms. The third-order valence-electron chi connectivity index (χ3n) is 10.5. The zero-order valence-corrected chi connectivity index (χ0v) is 26.3. The number of para-hydroxylation sites is 1. The van der Waals surface area contributed by atoms with Crippen molar-refractivity contribution >= 4 is 27.4 Å². The Morgan fingerprint density at radius 2 is 1.20 bits per heavy atom. The molecule has 2 aliphatic carbocycles. The molecule has 1 aromatic heterocycles. The van der Waals surface area contributed by atoms with Crippen LogP contribution in [0.4, 0.5) is 0 Å². The Morgan fingerprint density at radius 1 is 0.609 bits per heavy atom. The number of allylic oxidation sites excluding steroid dienone is 4. The second-order valence-electron chi connectivity index (χ2n) is 13.4. The van der Waals surface area contributed by atoms with E-state index >= 15 is 0 Å². The first-order valence-corrected chi connectivity index (χ1v) is 16.5. The summed E-state index contributed by atoms with van der Waals surface area (Å²) in [5.41, 5.74) is 13.3. The van der Waals surface area contributed by atoms with Gasteiger partial charge in [-0.25, -0.2) is 0 Å². The molecule has 9 rings (SSSR count). The van der Waals surface area contributed by atoms with E-state index in [1.807, 2.05) is 0 Å². The summed E-state index contributed by atoms with van der Waals surface area (Å²) in [6, 6.07) is 44.2. The largest absolute Gasteiger partial charge is 0.309 e. The number of hydrogen-bond acceptors (Lipinski definition) is 3. The van der Waals surface area contributed by atoms with Crippen LogP contribution >= 0.6 is 0 Å². The molecule has 0 amide bonds. The minimum absolute atomic E-state index is 0.00838. The van der Waals surface area contributed by atoms with Crippen LogP contribution in [0.15, 0.2) is 139 Å². The molecule has 0 bridgehead atoms. The average molecular weight is 599 g/mol. The van der Waals surface area contributed by atoms with Gasteiger partial charge in [-0.05, 0) is 76.6 Å². The summed E-state index contributed by atoms with van der Waals surface area (Å²) < 4.78 is 2.45. The van der Waals surface area contributed by atoms with Crippen LogP contribution in [0.1, 0.15) is 73.0 Å². The molecule has 2 unspecified atom stereocenters. The van der Waals surface area contributed by atoms with Gasteiger partial charge in [-0.3, -0.25) is 16.0 Å². The zero-order valence-electron chi connectivity index (χ0n) is 26.3. The molecule has 46 heavy (non-hydrogen) atoms. The van der Waals surface area contributed by atoms with E-state index in [4.69, 9.17) is 0 Å². The summed E-state index contributed by atoms with van der Waals surface area (Å²) in [6.07, 6.45) is 6.98. The summed E-state index contributed by atoms with van der Waals surface area (Å²) in [5.74, 6) is 0. The van der Waals surface area contributed by atoms with Gasteiger partial charge in [0.25, 0.3) is 0 Å². The Morgan fingerprint density at radius 3 is 1.85 bits per heavy atom. The Bertz CT molecular complexity index is 2110. The fourth-order valence-electron chi connectivity index (χ4n) is 8.09. The number of benzene rings is 5. The molecule has 4 nitrogen and oxygen atoms in total. The lowest BCUT2D eigenvalue weighted by atomic mass is 9.78. The fraction of sp³-hybridized carbons (Fsp3) is 0.190. The molecule has 2 atom stereocenters. The average Bonchev–Trinajstić information content (AvgIpc) is 3.56. The standard InChI is InChI=1S/C42H38N4/c1-42(2)35-19-11-9-17-31(35)33-26-38-34(25-36(33)42)32-18-10-12-20-37(32)46(38)30-23-21-29(22-24-30)41-44-39(27-13-5-3-6-14-27)43-40(45-41)28-15-7-4-8-16-28/h3-10,12-18,20-26,39-41,43-45H,11,19H2,1-2H3. The van der Waals surface area contributed by atoms with E-state index < -0.39 is 0 Å². The van der Waals surface area contributed by atoms with Crippen molar-refractivity contribution in [3.63, 3.8) is 0 Å². The van der Waals surface area contributed by atoms with Crippen molar-refractivity contribution in [2.75, 3.05) is 0 Å². The lowest BCUT2D eigenvalue weighted by Gasteiger charge is -2.39. The molecule has 226 valence electrons. The molecule has 6 aromatic rings. The molecule has 1 aliphatic heterocycles. The van der Waals surface area contributed by atoms with Crippen LogP contribution in [0.25, 0.3) is 33.1 Å². The van der Waals surface area contributed by atoms with Crippen LogP contribution in [0.3, 0.4) is 0 Å². The summed E-state index contributed by atoms with van der Waals surface area (Å²) in [4.78, 5) is 0. The molecule has 1 saturated heterocycles. The van der Waals surface area contributed by atoms with Gasteiger partial charge in [0.2, 0.25) is 0 Å². The molecule has 1 fully saturated rings. The Kier molecular flexibility index (Phi) is 6.39. The molecule has 0 saturated carbocycles. The highest BCUT2D eigenvalue weighted by atomic mass is 15.4. The van der Waals surface area contributed by atoms with Crippen molar-refractivity contribution in [2.24, 2.45) is 0 Å². The molecular weight excluding hydrogens is 560 g/mol. The number of fused-ring (bicyclic) bond motifs is 5. The van der Waals surface area contributed by atoms with Gasteiger partial charge in [-0.2, -0.15) is 0 Å². The SMILES string of the molecule is CC1(C)C2=C(C=CCC2)c2cc3c(cc21)c1ccccc1n3-c1ccc(C2NC(c3ccccc3)NC(c3ccccc3)N2)cc1. The quantitative estimate of drug-likeness (QED) is 0.189. The topological polar surface area (TPSA) is 41.0 Å². The van der Waals surface area contributed by atoms with Crippen molar-refractivity contribution in [1.82, 2.24) is 20.5 Å². The number of nitrogens with one attached hydrogen (secondary N) is 3. The first-order valence-electron chi connectivity index (χ1n) is 16.5. The van der Waals surface area contributed by atoms with Gasteiger partial charge in [0.05, 0.1) is 29.5 Å². The van der Waals surface area contributed by atoms with Crippen LogP contribution in [-0.4, -0.2) is 4.57 Å². The number of hydrogen-bond donors (Lipinski definition) is 3. The smallest absolute Gasteiger partial charge is 0.0864 e. The van der Waals surface area contributed by atoms with Crippen LogP contribution in [0.2, 0.25) is 0 Å². The fourth-order valence-corrected chi connectivity index (χ4v) is 8.09. The van der Waals surface area contributed by atoms with Crippen molar-refractivity contribution in [2.45, 2.75) is 50.6 Å². The predicted molar refractivity (Wildman–Crippen MR) is 190 cm³/mol. The first kappa shape index (κ1) is 27.6. The minimum atomic E-state index is -0.0298. The summed E-state index contributed by atoms with van der Waals surface area (Å²) >= 11 is 0. The van der Waals surface area contributed by atoms with E-state index in [0.717, 1.165) is 12.8 Å². The lowest BCUT2D eigenvalue weighted by Crippen LogP contribution is -2.54. The van der Waals surface area contributed by atoms with Crippen molar-refractivity contribution in [3.8, 4) is 5.69 Å². The van der Waals surface area contributed by atoms with Crippen molar-refractivity contribution in [3.05, 3.63) is 167 Å².